The van der Waals surface area contributed by atoms with Gasteiger partial charge in [-0.1, -0.05) is 51.0 Å². The van der Waals surface area contributed by atoms with Crippen LogP contribution in [0.1, 0.15) is 57.1 Å². The Morgan fingerprint density at radius 2 is 1.95 bits per heavy atom. The minimum atomic E-state index is 0.375. The Bertz CT molecular complexity index is 394. The predicted molar refractivity (Wildman–Crippen MR) is 83.7 cm³/mol. The molecule has 0 aromatic heterocycles. The van der Waals surface area contributed by atoms with Crippen molar-refractivity contribution < 1.29 is 0 Å². The van der Waals surface area contributed by atoms with Crippen LogP contribution in [0.3, 0.4) is 0 Å². The van der Waals surface area contributed by atoms with Crippen LogP contribution in [0.25, 0.3) is 0 Å². The van der Waals surface area contributed by atoms with E-state index in [2.05, 4.69) is 50.5 Å². The van der Waals surface area contributed by atoms with Gasteiger partial charge in [0.05, 0.1) is 0 Å². The van der Waals surface area contributed by atoms with Gasteiger partial charge in [0.25, 0.3) is 0 Å². The van der Waals surface area contributed by atoms with Gasteiger partial charge in [0.15, 0.2) is 0 Å². The monoisotopic (exact) mass is 259 g/mol. The summed E-state index contributed by atoms with van der Waals surface area (Å²) in [7, 11) is 2.10. The normalized spacial score (nSPS) is 22.5. The van der Waals surface area contributed by atoms with Crippen molar-refractivity contribution >= 4 is 0 Å². The number of benzene rings is 1. The fraction of sp³-hybridized carbons (Fsp3) is 0.667. The van der Waals surface area contributed by atoms with E-state index in [9.17, 15) is 0 Å². The van der Waals surface area contributed by atoms with Gasteiger partial charge in [-0.25, -0.2) is 0 Å². The van der Waals surface area contributed by atoms with Crippen molar-refractivity contribution in [3.8, 4) is 0 Å². The average Bonchev–Trinajstić information content (AvgIpc) is 2.46. The van der Waals surface area contributed by atoms with Crippen LogP contribution >= 0.6 is 0 Å². The second kappa shape index (κ2) is 6.56. The van der Waals surface area contributed by atoms with Gasteiger partial charge in [-0.15, -0.1) is 0 Å². The number of aryl methyl sites for hydroxylation is 1. The largest absolute Gasteiger partial charge is 0.319 e. The van der Waals surface area contributed by atoms with Gasteiger partial charge in [-0.2, -0.15) is 0 Å². The molecule has 0 aliphatic heterocycles. The second-order valence-corrected chi connectivity index (χ2v) is 6.21. The third kappa shape index (κ3) is 3.02. The van der Waals surface area contributed by atoms with Crippen molar-refractivity contribution in [2.45, 2.75) is 57.8 Å². The molecule has 0 fully saturated rings. The number of fused-ring (bicyclic) bond motifs is 1. The van der Waals surface area contributed by atoms with E-state index >= 15 is 0 Å². The SMILES string of the molecule is CCC(CC)CC1(CNC)CCCc2ccccc21. The van der Waals surface area contributed by atoms with Gasteiger partial charge in [-0.05, 0) is 49.8 Å². The van der Waals surface area contributed by atoms with E-state index in [0.717, 1.165) is 12.5 Å². The standard InChI is InChI=1S/C18H29N/c1-4-15(5-2)13-18(14-19-3)12-8-10-16-9-6-7-11-17(16)18/h6-7,9,11,15,19H,4-5,8,10,12-14H2,1-3H3. The highest BCUT2D eigenvalue weighted by atomic mass is 14.8. The van der Waals surface area contributed by atoms with Gasteiger partial charge in [0, 0.05) is 12.0 Å². The van der Waals surface area contributed by atoms with Gasteiger partial charge in [0.2, 0.25) is 0 Å². The van der Waals surface area contributed by atoms with E-state index in [1.54, 1.807) is 11.1 Å². The number of nitrogens with one attached hydrogen (secondary N) is 1. The first kappa shape index (κ1) is 14.6. The smallest absolute Gasteiger partial charge is 0.00831 e. The summed E-state index contributed by atoms with van der Waals surface area (Å²) in [5, 5.41) is 3.47. The minimum absolute atomic E-state index is 0.375. The molecule has 0 saturated carbocycles. The summed E-state index contributed by atoms with van der Waals surface area (Å²) in [4.78, 5) is 0. The van der Waals surface area contributed by atoms with Gasteiger partial charge < -0.3 is 5.32 Å². The van der Waals surface area contributed by atoms with Crippen molar-refractivity contribution in [2.24, 2.45) is 5.92 Å². The number of likely N-dealkylation sites (N-methyl/N-ethyl adjacent to an activating group) is 1. The first-order chi connectivity index (χ1) is 9.25. The maximum absolute atomic E-state index is 3.47. The number of hydrogen-bond acceptors (Lipinski definition) is 1. The maximum atomic E-state index is 3.47. The first-order valence-corrected chi connectivity index (χ1v) is 7.98. The van der Waals surface area contributed by atoms with Crippen LogP contribution in [0.15, 0.2) is 24.3 Å². The topological polar surface area (TPSA) is 12.0 Å². The van der Waals surface area contributed by atoms with Crippen LogP contribution in [0, 0.1) is 5.92 Å². The third-order valence-electron chi connectivity index (χ3n) is 5.04. The molecule has 1 aliphatic rings. The highest BCUT2D eigenvalue weighted by Gasteiger charge is 2.36. The zero-order valence-electron chi connectivity index (χ0n) is 12.8. The quantitative estimate of drug-likeness (QED) is 0.803. The lowest BCUT2D eigenvalue weighted by Gasteiger charge is -2.41. The molecule has 1 N–H and O–H groups in total. The highest BCUT2D eigenvalue weighted by Crippen LogP contribution is 2.42. The maximum Gasteiger partial charge on any atom is 0.00831 e. The molecule has 2 rings (SSSR count). The van der Waals surface area contributed by atoms with Gasteiger partial charge in [-0.3, -0.25) is 0 Å². The number of rotatable bonds is 6. The molecule has 0 radical (unpaired) electrons. The van der Waals surface area contributed by atoms with E-state index in [-0.39, 0.29) is 0 Å². The summed E-state index contributed by atoms with van der Waals surface area (Å²) in [6, 6.07) is 9.15. The summed E-state index contributed by atoms with van der Waals surface area (Å²) >= 11 is 0. The van der Waals surface area contributed by atoms with Crippen molar-refractivity contribution in [1.29, 1.82) is 0 Å². The van der Waals surface area contributed by atoms with Crippen LogP contribution in [0.2, 0.25) is 0 Å². The molecular weight excluding hydrogens is 230 g/mol. The molecule has 1 atom stereocenters. The number of hydrogen-bond donors (Lipinski definition) is 1. The molecule has 106 valence electrons. The fourth-order valence-electron chi connectivity index (χ4n) is 3.94. The molecule has 0 saturated heterocycles. The lowest BCUT2D eigenvalue weighted by Crippen LogP contribution is -2.41. The average molecular weight is 259 g/mol. The van der Waals surface area contributed by atoms with Gasteiger partial charge >= 0.3 is 0 Å². The zero-order chi connectivity index (χ0) is 13.7. The zero-order valence-corrected chi connectivity index (χ0v) is 12.8. The molecule has 0 bridgehead atoms. The van der Waals surface area contributed by atoms with E-state index in [0.29, 0.717) is 5.41 Å². The van der Waals surface area contributed by atoms with Gasteiger partial charge in [0.1, 0.15) is 0 Å². The van der Waals surface area contributed by atoms with Crippen LogP contribution in [-0.4, -0.2) is 13.6 Å². The highest BCUT2D eigenvalue weighted by molar-refractivity contribution is 5.37. The van der Waals surface area contributed by atoms with E-state index in [1.807, 2.05) is 0 Å². The Morgan fingerprint density at radius 1 is 1.21 bits per heavy atom. The molecule has 0 spiro atoms. The summed E-state index contributed by atoms with van der Waals surface area (Å²) in [5.74, 6) is 0.861. The lowest BCUT2D eigenvalue weighted by molar-refractivity contribution is 0.260. The minimum Gasteiger partial charge on any atom is -0.319 e. The molecule has 1 unspecified atom stereocenters. The second-order valence-electron chi connectivity index (χ2n) is 6.21. The van der Waals surface area contributed by atoms with Crippen molar-refractivity contribution in [3.63, 3.8) is 0 Å². The molecule has 1 aromatic rings. The Balaban J connectivity index is 2.34. The molecule has 1 aromatic carbocycles. The van der Waals surface area contributed by atoms with E-state index < -0.39 is 0 Å². The molecule has 1 heteroatoms. The van der Waals surface area contributed by atoms with E-state index in [4.69, 9.17) is 0 Å². The third-order valence-corrected chi connectivity index (χ3v) is 5.04. The molecule has 1 aliphatic carbocycles. The van der Waals surface area contributed by atoms with E-state index in [1.165, 1.54) is 38.5 Å². The van der Waals surface area contributed by atoms with Crippen molar-refractivity contribution in [1.82, 2.24) is 5.32 Å². The molecule has 0 amide bonds. The molecular formula is C18H29N. The van der Waals surface area contributed by atoms with Crippen molar-refractivity contribution in [2.75, 3.05) is 13.6 Å². The Hall–Kier alpha value is -0.820. The van der Waals surface area contributed by atoms with Crippen LogP contribution < -0.4 is 5.32 Å². The van der Waals surface area contributed by atoms with Crippen LogP contribution in [-0.2, 0) is 11.8 Å². The van der Waals surface area contributed by atoms with Crippen molar-refractivity contribution in [3.05, 3.63) is 35.4 Å². The summed E-state index contributed by atoms with van der Waals surface area (Å²) in [6.07, 6.45) is 7.93. The Labute approximate surface area is 118 Å². The lowest BCUT2D eigenvalue weighted by atomic mass is 9.65. The summed E-state index contributed by atoms with van der Waals surface area (Å²) < 4.78 is 0. The summed E-state index contributed by atoms with van der Waals surface area (Å²) in [5.41, 5.74) is 3.60. The molecule has 19 heavy (non-hydrogen) atoms. The summed E-state index contributed by atoms with van der Waals surface area (Å²) in [6.45, 7) is 5.81. The van der Waals surface area contributed by atoms with Crippen LogP contribution in [0.5, 0.6) is 0 Å². The Kier molecular flexibility index (Phi) is 5.04. The Morgan fingerprint density at radius 3 is 2.63 bits per heavy atom. The fourth-order valence-corrected chi connectivity index (χ4v) is 3.94. The molecule has 1 nitrogen and oxygen atoms in total. The molecule has 0 heterocycles. The van der Waals surface area contributed by atoms with Crippen LogP contribution in [0.4, 0.5) is 0 Å². The predicted octanol–water partition coefficient (Wildman–Crippen LogP) is 4.31. The first-order valence-electron chi connectivity index (χ1n) is 7.98.